The molecule has 2 fully saturated rings. The van der Waals surface area contributed by atoms with Crippen LogP contribution in [-0.2, 0) is 4.79 Å². The normalized spacial score (nSPS) is 25.6. The average molecular weight is 277 g/mol. The van der Waals surface area contributed by atoms with Crippen LogP contribution in [0.4, 0.5) is 4.79 Å². The van der Waals surface area contributed by atoms with Crippen molar-refractivity contribution in [2.45, 2.75) is 37.3 Å². The molecule has 7 heteroatoms. The smallest absolute Gasteiger partial charge is 0.314 e. The lowest BCUT2D eigenvalue weighted by Gasteiger charge is -2.39. The fourth-order valence-electron chi connectivity index (χ4n) is 2.85. The quantitative estimate of drug-likeness (QED) is 0.621. The number of hydrogen-bond donors (Lipinski definition) is 3. The van der Waals surface area contributed by atoms with E-state index in [9.17, 15) is 9.59 Å². The van der Waals surface area contributed by atoms with E-state index in [-0.39, 0.29) is 35.9 Å². The van der Waals surface area contributed by atoms with Crippen molar-refractivity contribution in [3.8, 4) is 0 Å². The van der Waals surface area contributed by atoms with Crippen molar-refractivity contribution in [2.24, 2.45) is 5.73 Å². The van der Waals surface area contributed by atoms with Crippen molar-refractivity contribution in [1.29, 1.82) is 0 Å². The molecule has 0 bridgehead atoms. The van der Waals surface area contributed by atoms with Gasteiger partial charge in [-0.05, 0) is 25.7 Å². The second-order valence-corrected chi connectivity index (χ2v) is 4.96. The molecule has 2 rings (SSSR count). The van der Waals surface area contributed by atoms with Crippen LogP contribution >= 0.6 is 12.4 Å². The molecule has 2 heterocycles. The van der Waals surface area contributed by atoms with E-state index >= 15 is 0 Å². The third-order valence-electron chi connectivity index (χ3n) is 3.99. The first kappa shape index (κ1) is 15.0. The van der Waals surface area contributed by atoms with E-state index in [0.29, 0.717) is 13.1 Å². The SMILES string of the molecule is CNC(=O)C1CCC2(CCN(C(N)=O)CC2)N1.Cl. The summed E-state index contributed by atoms with van der Waals surface area (Å²) in [6.45, 7) is 1.37. The van der Waals surface area contributed by atoms with Gasteiger partial charge in [0.2, 0.25) is 5.91 Å². The van der Waals surface area contributed by atoms with Gasteiger partial charge in [-0.1, -0.05) is 0 Å². The number of likely N-dealkylation sites (N-methyl/N-ethyl adjacent to an activating group) is 1. The van der Waals surface area contributed by atoms with E-state index in [0.717, 1.165) is 25.7 Å². The average Bonchev–Trinajstić information content (AvgIpc) is 2.73. The summed E-state index contributed by atoms with van der Waals surface area (Å²) in [6, 6.07) is -0.430. The summed E-state index contributed by atoms with van der Waals surface area (Å²) in [5.41, 5.74) is 5.28. The van der Waals surface area contributed by atoms with Crippen LogP contribution in [-0.4, -0.2) is 48.6 Å². The van der Waals surface area contributed by atoms with Crippen LogP contribution in [0.3, 0.4) is 0 Å². The van der Waals surface area contributed by atoms with Crippen molar-refractivity contribution < 1.29 is 9.59 Å². The molecular weight excluding hydrogens is 256 g/mol. The lowest BCUT2D eigenvalue weighted by Crippen LogP contribution is -2.55. The van der Waals surface area contributed by atoms with Gasteiger partial charge >= 0.3 is 6.03 Å². The van der Waals surface area contributed by atoms with Crippen molar-refractivity contribution in [3.05, 3.63) is 0 Å². The molecule has 1 spiro atoms. The number of carbonyl (C=O) groups excluding carboxylic acids is 2. The third-order valence-corrected chi connectivity index (χ3v) is 3.99. The van der Waals surface area contributed by atoms with Gasteiger partial charge in [0, 0.05) is 25.7 Å². The second kappa shape index (κ2) is 5.75. The van der Waals surface area contributed by atoms with Crippen LogP contribution in [0.5, 0.6) is 0 Å². The molecule has 0 aromatic rings. The van der Waals surface area contributed by atoms with Gasteiger partial charge in [0.15, 0.2) is 0 Å². The van der Waals surface area contributed by atoms with Gasteiger partial charge in [0.05, 0.1) is 6.04 Å². The van der Waals surface area contributed by atoms with E-state index in [1.165, 1.54) is 0 Å². The minimum Gasteiger partial charge on any atom is -0.358 e. The molecule has 1 atom stereocenters. The Labute approximate surface area is 113 Å². The first-order chi connectivity index (χ1) is 8.06. The summed E-state index contributed by atoms with van der Waals surface area (Å²) in [7, 11) is 1.66. The molecule has 3 amide bonds. The van der Waals surface area contributed by atoms with Gasteiger partial charge in [-0.15, -0.1) is 12.4 Å². The number of rotatable bonds is 1. The predicted molar refractivity (Wildman–Crippen MR) is 70.6 cm³/mol. The molecule has 1 unspecified atom stereocenters. The molecule has 0 radical (unpaired) electrons. The van der Waals surface area contributed by atoms with Crippen LogP contribution in [0.1, 0.15) is 25.7 Å². The van der Waals surface area contributed by atoms with Gasteiger partial charge in [0.25, 0.3) is 0 Å². The molecule has 2 saturated heterocycles. The highest BCUT2D eigenvalue weighted by atomic mass is 35.5. The van der Waals surface area contributed by atoms with E-state index in [2.05, 4.69) is 10.6 Å². The Morgan fingerprint density at radius 3 is 2.44 bits per heavy atom. The van der Waals surface area contributed by atoms with Crippen LogP contribution in [0.25, 0.3) is 0 Å². The van der Waals surface area contributed by atoms with Crippen LogP contribution in [0.2, 0.25) is 0 Å². The number of primary amides is 1. The Balaban J connectivity index is 0.00000162. The fourth-order valence-corrected chi connectivity index (χ4v) is 2.85. The highest BCUT2D eigenvalue weighted by Gasteiger charge is 2.43. The van der Waals surface area contributed by atoms with Crippen LogP contribution in [0, 0.1) is 0 Å². The minimum atomic E-state index is -0.347. The fraction of sp³-hybridized carbons (Fsp3) is 0.818. The highest BCUT2D eigenvalue weighted by molar-refractivity contribution is 5.85. The van der Waals surface area contributed by atoms with Gasteiger partial charge in [-0.25, -0.2) is 4.79 Å². The van der Waals surface area contributed by atoms with Crippen molar-refractivity contribution in [1.82, 2.24) is 15.5 Å². The van der Waals surface area contributed by atoms with Crippen LogP contribution < -0.4 is 16.4 Å². The largest absolute Gasteiger partial charge is 0.358 e. The zero-order chi connectivity index (χ0) is 12.5. The zero-order valence-electron chi connectivity index (χ0n) is 10.6. The number of nitrogens with zero attached hydrogens (tertiary/aromatic N) is 1. The standard InChI is InChI=1S/C11H20N4O2.ClH/c1-13-9(16)8-2-3-11(14-8)4-6-15(7-5-11)10(12)17;/h8,14H,2-7H2,1H3,(H2,12,17)(H,13,16);1H. The van der Waals surface area contributed by atoms with Crippen molar-refractivity contribution >= 4 is 24.3 Å². The first-order valence-corrected chi connectivity index (χ1v) is 6.10. The zero-order valence-corrected chi connectivity index (χ0v) is 11.4. The molecule has 6 nitrogen and oxygen atoms in total. The maximum Gasteiger partial charge on any atom is 0.314 e. The third kappa shape index (κ3) is 2.87. The number of carbonyl (C=O) groups is 2. The highest BCUT2D eigenvalue weighted by Crippen LogP contribution is 2.33. The monoisotopic (exact) mass is 276 g/mol. The van der Waals surface area contributed by atoms with Crippen LogP contribution in [0.15, 0.2) is 0 Å². The van der Waals surface area contributed by atoms with Gasteiger partial charge < -0.3 is 21.3 Å². The summed E-state index contributed by atoms with van der Waals surface area (Å²) in [6.07, 6.45) is 3.63. The maximum absolute atomic E-state index is 11.6. The number of nitrogens with two attached hydrogens (primary N) is 1. The van der Waals surface area contributed by atoms with E-state index in [1.807, 2.05) is 0 Å². The first-order valence-electron chi connectivity index (χ1n) is 6.10. The Bertz CT molecular complexity index is 329. The lowest BCUT2D eigenvalue weighted by atomic mass is 9.86. The molecule has 0 saturated carbocycles. The number of hydrogen-bond acceptors (Lipinski definition) is 3. The molecule has 0 aromatic heterocycles. The lowest BCUT2D eigenvalue weighted by molar-refractivity contribution is -0.122. The number of nitrogens with one attached hydrogen (secondary N) is 2. The molecule has 0 aliphatic carbocycles. The van der Waals surface area contributed by atoms with E-state index < -0.39 is 0 Å². The second-order valence-electron chi connectivity index (χ2n) is 4.96. The summed E-state index contributed by atoms with van der Waals surface area (Å²) < 4.78 is 0. The van der Waals surface area contributed by atoms with Gasteiger partial charge in [0.1, 0.15) is 0 Å². The number of piperidine rings is 1. The Hall–Kier alpha value is -1.01. The Morgan fingerprint density at radius 2 is 1.94 bits per heavy atom. The summed E-state index contributed by atoms with van der Waals surface area (Å²) in [5, 5.41) is 6.10. The van der Waals surface area contributed by atoms with Crippen molar-refractivity contribution in [2.75, 3.05) is 20.1 Å². The minimum absolute atomic E-state index is 0. The molecule has 2 aliphatic heterocycles. The number of likely N-dealkylation sites (tertiary alicyclic amines) is 1. The van der Waals surface area contributed by atoms with E-state index in [4.69, 9.17) is 5.73 Å². The Morgan fingerprint density at radius 1 is 1.33 bits per heavy atom. The topological polar surface area (TPSA) is 87.5 Å². The molecule has 2 aliphatic rings. The van der Waals surface area contributed by atoms with E-state index in [1.54, 1.807) is 11.9 Å². The number of amides is 3. The summed E-state index contributed by atoms with van der Waals surface area (Å²) in [4.78, 5) is 24.3. The maximum atomic E-state index is 11.6. The number of urea groups is 1. The molecule has 18 heavy (non-hydrogen) atoms. The van der Waals surface area contributed by atoms with Gasteiger partial charge in [-0.2, -0.15) is 0 Å². The van der Waals surface area contributed by atoms with Crippen molar-refractivity contribution in [3.63, 3.8) is 0 Å². The predicted octanol–water partition coefficient (Wildman–Crippen LogP) is -0.180. The Kier molecular flexibility index (Phi) is 4.81. The van der Waals surface area contributed by atoms with Gasteiger partial charge in [-0.3, -0.25) is 4.79 Å². The number of halogens is 1. The summed E-state index contributed by atoms with van der Waals surface area (Å²) >= 11 is 0. The molecule has 104 valence electrons. The molecule has 4 N–H and O–H groups in total. The molecule has 0 aromatic carbocycles. The summed E-state index contributed by atoms with van der Waals surface area (Å²) in [5.74, 6) is 0.0548. The molecular formula is C11H21ClN4O2.